The van der Waals surface area contributed by atoms with E-state index in [1.807, 2.05) is 0 Å². The lowest BCUT2D eigenvalue weighted by atomic mass is 10.0. The average molecular weight is 469 g/mol. The lowest BCUT2D eigenvalue weighted by Crippen LogP contribution is -2.15. The van der Waals surface area contributed by atoms with E-state index in [-0.39, 0.29) is 23.8 Å². The number of alkyl halides is 1. The van der Waals surface area contributed by atoms with Crippen molar-refractivity contribution in [3.8, 4) is 11.3 Å². The van der Waals surface area contributed by atoms with E-state index in [2.05, 4.69) is 30.5 Å². The summed E-state index contributed by atoms with van der Waals surface area (Å²) in [6.07, 6.45) is 10.3. The zero-order chi connectivity index (χ0) is 22.7. The Labute approximate surface area is 189 Å². The van der Waals surface area contributed by atoms with Crippen LogP contribution in [0.4, 0.5) is 14.6 Å². The molecule has 9 nitrogen and oxygen atoms in total. The fourth-order valence-electron chi connectivity index (χ4n) is 3.88. The summed E-state index contributed by atoms with van der Waals surface area (Å²) in [6, 6.07) is 0. The van der Waals surface area contributed by atoms with E-state index >= 15 is 4.39 Å². The number of hydrogen-bond acceptors (Lipinski definition) is 5. The van der Waals surface area contributed by atoms with Gasteiger partial charge in [0.25, 0.3) is 0 Å². The molecule has 0 spiro atoms. The number of anilines is 1. The lowest BCUT2D eigenvalue weighted by Gasteiger charge is -2.12. The molecule has 1 amide bonds. The van der Waals surface area contributed by atoms with Crippen LogP contribution in [0.25, 0.3) is 27.8 Å². The van der Waals surface area contributed by atoms with Gasteiger partial charge in [0.2, 0.25) is 5.91 Å². The van der Waals surface area contributed by atoms with Crippen LogP contribution in [0.15, 0.2) is 43.5 Å². The highest BCUT2D eigenvalue weighted by Crippen LogP contribution is 2.39. The molecule has 5 aromatic rings. The predicted octanol–water partition coefficient (Wildman–Crippen LogP) is 3.61. The fourth-order valence-corrected chi connectivity index (χ4v) is 4.19. The molecule has 0 radical (unpaired) electrons. The number of nitrogens with one attached hydrogen (secondary N) is 2. The van der Waals surface area contributed by atoms with E-state index < -0.39 is 23.8 Å². The van der Waals surface area contributed by atoms with Gasteiger partial charge in [-0.15, -0.1) is 0 Å². The first-order chi connectivity index (χ1) is 16.0. The summed E-state index contributed by atoms with van der Waals surface area (Å²) in [7, 11) is 0. The van der Waals surface area contributed by atoms with Crippen molar-refractivity contribution in [3.63, 3.8) is 0 Å². The molecule has 1 aliphatic carbocycles. The summed E-state index contributed by atoms with van der Waals surface area (Å²) >= 11 is 6.49. The Bertz CT molecular complexity index is 1530. The van der Waals surface area contributed by atoms with Gasteiger partial charge in [0.05, 0.1) is 53.6 Å². The summed E-state index contributed by atoms with van der Waals surface area (Å²) in [5.74, 6) is -1.33. The van der Waals surface area contributed by atoms with Gasteiger partial charge in [-0.05, 0) is 6.42 Å². The fraction of sp³-hybridized carbons (Fsp3) is 0.190. The zero-order valence-corrected chi connectivity index (χ0v) is 17.6. The number of aromatic amines is 1. The predicted molar refractivity (Wildman–Crippen MR) is 116 cm³/mol. The molecule has 166 valence electrons. The number of hydrogen-bond donors (Lipinski definition) is 2. The van der Waals surface area contributed by atoms with Gasteiger partial charge in [0, 0.05) is 35.1 Å². The van der Waals surface area contributed by atoms with Crippen LogP contribution in [0.3, 0.4) is 0 Å². The maximum absolute atomic E-state index is 15.4. The highest BCUT2D eigenvalue weighted by atomic mass is 35.5. The van der Waals surface area contributed by atoms with Gasteiger partial charge in [-0.3, -0.25) is 14.9 Å². The number of fused-ring (bicyclic) bond motifs is 2. The van der Waals surface area contributed by atoms with Crippen LogP contribution < -0.4 is 5.32 Å². The van der Waals surface area contributed by atoms with Crippen molar-refractivity contribution in [2.45, 2.75) is 19.1 Å². The Kier molecular flexibility index (Phi) is 4.40. The Hall–Kier alpha value is -3.86. The van der Waals surface area contributed by atoms with Crippen LogP contribution in [-0.2, 0) is 11.3 Å². The second kappa shape index (κ2) is 7.34. The normalized spacial score (nSPS) is 17.7. The number of carbonyl (C=O) groups excluding carboxylic acids is 1. The van der Waals surface area contributed by atoms with Crippen molar-refractivity contribution in [2.75, 3.05) is 5.32 Å². The second-order valence-corrected chi connectivity index (χ2v) is 8.26. The summed E-state index contributed by atoms with van der Waals surface area (Å²) < 4.78 is 31.9. The number of amides is 1. The monoisotopic (exact) mass is 468 g/mol. The van der Waals surface area contributed by atoms with Crippen molar-refractivity contribution in [2.24, 2.45) is 5.92 Å². The van der Waals surface area contributed by atoms with Crippen LogP contribution in [0.2, 0.25) is 5.02 Å². The number of carbonyl (C=O) groups is 1. The summed E-state index contributed by atoms with van der Waals surface area (Å²) in [5, 5.41) is 10.1. The summed E-state index contributed by atoms with van der Waals surface area (Å²) in [5.41, 5.74) is 2.10. The third-order valence-corrected chi connectivity index (χ3v) is 6.04. The molecule has 1 aromatic carbocycles. The quantitative estimate of drug-likeness (QED) is 0.410. The zero-order valence-electron chi connectivity index (χ0n) is 16.8. The Morgan fingerprint density at radius 2 is 2.18 bits per heavy atom. The van der Waals surface area contributed by atoms with E-state index in [0.29, 0.717) is 33.4 Å². The summed E-state index contributed by atoms with van der Waals surface area (Å²) in [6.45, 7) is 0.225. The molecular formula is C21H15ClF2N8O. The van der Waals surface area contributed by atoms with Gasteiger partial charge in [-0.25, -0.2) is 18.7 Å². The van der Waals surface area contributed by atoms with Crippen LogP contribution >= 0.6 is 11.6 Å². The largest absolute Gasteiger partial charge is 0.333 e. The molecule has 0 saturated heterocycles. The number of halogens is 3. The van der Waals surface area contributed by atoms with E-state index in [4.69, 9.17) is 11.6 Å². The van der Waals surface area contributed by atoms with Crippen molar-refractivity contribution < 1.29 is 13.6 Å². The number of imidazole rings is 2. The van der Waals surface area contributed by atoms with E-state index in [1.54, 1.807) is 46.3 Å². The molecule has 2 atom stereocenters. The molecule has 1 saturated carbocycles. The SMILES string of the molecule is O=C(Nc1cn2cc(-c3c(Cl)c(F)c(Cn4ccnc4)c4[nH]ncc34)ncc2n1)[C@@H]1C[C@@H]1F. The minimum absolute atomic E-state index is 0.0813. The number of rotatable bonds is 5. The van der Waals surface area contributed by atoms with E-state index in [1.165, 1.54) is 6.20 Å². The van der Waals surface area contributed by atoms with Crippen LogP contribution in [0, 0.1) is 11.7 Å². The second-order valence-electron chi connectivity index (χ2n) is 7.89. The van der Waals surface area contributed by atoms with Crippen LogP contribution in [0.1, 0.15) is 12.0 Å². The van der Waals surface area contributed by atoms with Gasteiger partial charge in [-0.1, -0.05) is 11.6 Å². The molecule has 4 heterocycles. The maximum atomic E-state index is 15.4. The molecule has 0 aliphatic heterocycles. The molecule has 33 heavy (non-hydrogen) atoms. The van der Waals surface area contributed by atoms with E-state index in [9.17, 15) is 9.18 Å². The third kappa shape index (κ3) is 3.32. The van der Waals surface area contributed by atoms with Crippen molar-refractivity contribution in [1.29, 1.82) is 0 Å². The molecule has 2 N–H and O–H groups in total. The van der Waals surface area contributed by atoms with Crippen molar-refractivity contribution in [1.82, 2.24) is 34.1 Å². The Morgan fingerprint density at radius 3 is 2.94 bits per heavy atom. The number of benzene rings is 1. The Morgan fingerprint density at radius 1 is 1.33 bits per heavy atom. The van der Waals surface area contributed by atoms with Gasteiger partial charge in [0.15, 0.2) is 11.5 Å². The number of aromatic nitrogens is 7. The highest BCUT2D eigenvalue weighted by molar-refractivity contribution is 6.35. The van der Waals surface area contributed by atoms with Crippen molar-refractivity contribution in [3.05, 3.63) is 59.9 Å². The first-order valence-electron chi connectivity index (χ1n) is 10.1. The first kappa shape index (κ1) is 19.8. The lowest BCUT2D eigenvalue weighted by molar-refractivity contribution is -0.117. The van der Waals surface area contributed by atoms with E-state index in [0.717, 1.165) is 0 Å². The molecule has 12 heteroatoms. The van der Waals surface area contributed by atoms with Gasteiger partial charge in [0.1, 0.15) is 12.0 Å². The van der Waals surface area contributed by atoms with Gasteiger partial charge in [-0.2, -0.15) is 5.10 Å². The minimum Gasteiger partial charge on any atom is -0.333 e. The minimum atomic E-state index is -1.10. The van der Waals surface area contributed by atoms with Crippen molar-refractivity contribution >= 4 is 39.9 Å². The number of H-pyrrole nitrogens is 1. The smallest absolute Gasteiger partial charge is 0.231 e. The molecule has 1 fully saturated rings. The molecule has 0 unspecified atom stereocenters. The molecule has 6 rings (SSSR count). The average Bonchev–Trinajstić information content (AvgIpc) is 3.22. The van der Waals surface area contributed by atoms with Gasteiger partial charge < -0.3 is 14.3 Å². The highest BCUT2D eigenvalue weighted by Gasteiger charge is 2.43. The standard InChI is InChI=1S/C21H15ClF2N8O/c22-18-17(11-4-27-30-20(11)12(19(18)24)6-31-2-1-25-9-31)14-7-32-8-15(28-16(32)5-26-14)29-21(33)10-3-13(10)23/h1-2,4-5,7-10,13H,3,6H2,(H,27,30)(H,29,33)/t10-,13+/m1/s1. The van der Waals surface area contributed by atoms with Crippen LogP contribution in [-0.4, -0.2) is 46.2 Å². The number of nitrogens with zero attached hydrogens (tertiary/aromatic N) is 6. The topological polar surface area (TPSA) is 106 Å². The molecular weight excluding hydrogens is 454 g/mol. The van der Waals surface area contributed by atoms with Crippen LogP contribution in [0.5, 0.6) is 0 Å². The van der Waals surface area contributed by atoms with Gasteiger partial charge >= 0.3 is 0 Å². The first-order valence-corrected chi connectivity index (χ1v) is 10.5. The molecule has 0 bridgehead atoms. The summed E-state index contributed by atoms with van der Waals surface area (Å²) in [4.78, 5) is 24.7. The molecule has 4 aromatic heterocycles. The maximum Gasteiger partial charge on any atom is 0.231 e. The molecule has 1 aliphatic rings. The Balaban J connectivity index is 1.41. The third-order valence-electron chi connectivity index (χ3n) is 5.69.